The zero-order chi connectivity index (χ0) is 11.6. The first kappa shape index (κ1) is 11.7. The van der Waals surface area contributed by atoms with Gasteiger partial charge in [0, 0.05) is 18.6 Å². The third-order valence-electron chi connectivity index (χ3n) is 3.37. The molecule has 0 bridgehead atoms. The van der Waals surface area contributed by atoms with Gasteiger partial charge < -0.3 is 14.5 Å². The van der Waals surface area contributed by atoms with Crippen LogP contribution in [0.4, 0.5) is 0 Å². The Hall–Kier alpha value is -0.800. The van der Waals surface area contributed by atoms with Crippen molar-refractivity contribution in [1.82, 2.24) is 5.32 Å². The van der Waals surface area contributed by atoms with Gasteiger partial charge in [-0.3, -0.25) is 0 Å². The predicted octanol–water partition coefficient (Wildman–Crippen LogP) is 2.46. The molecule has 2 rings (SSSR count). The Bertz CT molecular complexity index is 343. The van der Waals surface area contributed by atoms with E-state index < -0.39 is 0 Å². The minimum Gasteiger partial charge on any atom is -0.466 e. The molecule has 0 spiro atoms. The Kier molecular flexibility index (Phi) is 3.36. The van der Waals surface area contributed by atoms with E-state index in [1.165, 1.54) is 0 Å². The topological polar surface area (TPSA) is 34.4 Å². The summed E-state index contributed by atoms with van der Waals surface area (Å²) in [4.78, 5) is 0. The van der Waals surface area contributed by atoms with Crippen molar-refractivity contribution in [2.45, 2.75) is 38.1 Å². The van der Waals surface area contributed by atoms with Crippen LogP contribution in [0, 0.1) is 6.92 Å². The minimum absolute atomic E-state index is 0.0817. The average molecular weight is 223 g/mol. The van der Waals surface area contributed by atoms with E-state index in [0.29, 0.717) is 5.92 Å². The highest BCUT2D eigenvalue weighted by Gasteiger charge is 2.33. The molecule has 2 unspecified atom stereocenters. The third kappa shape index (κ3) is 2.47. The SMILES string of the molecule is COCC1(C)CC(c2ccc(C)o2)CCN1. The largest absolute Gasteiger partial charge is 0.466 e. The molecule has 1 aromatic heterocycles. The quantitative estimate of drug-likeness (QED) is 0.854. The van der Waals surface area contributed by atoms with Gasteiger partial charge in [-0.1, -0.05) is 0 Å². The van der Waals surface area contributed by atoms with Crippen LogP contribution in [0.3, 0.4) is 0 Å². The first-order chi connectivity index (χ1) is 7.63. The summed E-state index contributed by atoms with van der Waals surface area (Å²) in [5, 5.41) is 3.54. The second-order valence-corrected chi connectivity index (χ2v) is 5.06. The van der Waals surface area contributed by atoms with E-state index in [-0.39, 0.29) is 5.54 Å². The molecule has 1 saturated heterocycles. The number of nitrogens with one attached hydrogen (secondary N) is 1. The first-order valence-electron chi connectivity index (χ1n) is 5.93. The fourth-order valence-corrected chi connectivity index (χ4v) is 2.61. The fraction of sp³-hybridized carbons (Fsp3) is 0.692. The number of ether oxygens (including phenoxy) is 1. The maximum atomic E-state index is 5.73. The highest BCUT2D eigenvalue weighted by atomic mass is 16.5. The Morgan fingerprint density at radius 3 is 3.00 bits per heavy atom. The van der Waals surface area contributed by atoms with Crippen LogP contribution in [0.2, 0.25) is 0 Å². The third-order valence-corrected chi connectivity index (χ3v) is 3.37. The molecule has 0 amide bonds. The summed E-state index contributed by atoms with van der Waals surface area (Å²) < 4.78 is 11.0. The van der Waals surface area contributed by atoms with E-state index in [2.05, 4.69) is 18.3 Å². The van der Waals surface area contributed by atoms with Crippen LogP contribution in [0.1, 0.15) is 37.2 Å². The van der Waals surface area contributed by atoms with E-state index in [0.717, 1.165) is 37.5 Å². The molecule has 3 heteroatoms. The Labute approximate surface area is 97.2 Å². The Morgan fingerprint density at radius 2 is 2.38 bits per heavy atom. The maximum absolute atomic E-state index is 5.73. The zero-order valence-electron chi connectivity index (χ0n) is 10.4. The molecule has 1 aliphatic heterocycles. The molecule has 0 saturated carbocycles. The number of hydrogen-bond acceptors (Lipinski definition) is 3. The molecule has 0 aliphatic carbocycles. The average Bonchev–Trinajstić information content (AvgIpc) is 2.65. The number of furan rings is 1. The molecule has 2 heterocycles. The zero-order valence-corrected chi connectivity index (χ0v) is 10.4. The maximum Gasteiger partial charge on any atom is 0.107 e. The number of aryl methyl sites for hydroxylation is 1. The minimum atomic E-state index is 0.0817. The van der Waals surface area contributed by atoms with Crippen LogP contribution in [-0.2, 0) is 4.74 Å². The van der Waals surface area contributed by atoms with E-state index in [1.54, 1.807) is 7.11 Å². The molecule has 0 aromatic carbocycles. The van der Waals surface area contributed by atoms with Gasteiger partial charge in [-0.2, -0.15) is 0 Å². The molecule has 2 atom stereocenters. The molecule has 1 N–H and O–H groups in total. The van der Waals surface area contributed by atoms with Crippen molar-refractivity contribution in [2.24, 2.45) is 0 Å². The van der Waals surface area contributed by atoms with Crippen molar-refractivity contribution in [2.75, 3.05) is 20.3 Å². The molecule has 90 valence electrons. The van der Waals surface area contributed by atoms with Crippen LogP contribution in [0.25, 0.3) is 0 Å². The summed E-state index contributed by atoms with van der Waals surface area (Å²) in [6, 6.07) is 4.16. The van der Waals surface area contributed by atoms with Crippen molar-refractivity contribution < 1.29 is 9.15 Å². The predicted molar refractivity (Wildman–Crippen MR) is 63.7 cm³/mol. The van der Waals surface area contributed by atoms with Gasteiger partial charge in [-0.15, -0.1) is 0 Å². The van der Waals surface area contributed by atoms with Gasteiger partial charge in [0.2, 0.25) is 0 Å². The van der Waals surface area contributed by atoms with Crippen LogP contribution < -0.4 is 5.32 Å². The lowest BCUT2D eigenvalue weighted by molar-refractivity contribution is 0.0917. The van der Waals surface area contributed by atoms with Crippen LogP contribution >= 0.6 is 0 Å². The lowest BCUT2D eigenvalue weighted by Gasteiger charge is -2.38. The molecule has 3 nitrogen and oxygen atoms in total. The highest BCUT2D eigenvalue weighted by Crippen LogP contribution is 2.33. The van der Waals surface area contributed by atoms with E-state index in [1.807, 2.05) is 13.0 Å². The molecule has 16 heavy (non-hydrogen) atoms. The second-order valence-electron chi connectivity index (χ2n) is 5.06. The summed E-state index contributed by atoms with van der Waals surface area (Å²) in [5.41, 5.74) is 0.0817. The monoisotopic (exact) mass is 223 g/mol. The summed E-state index contributed by atoms with van der Waals surface area (Å²) in [6.45, 7) is 6.00. The van der Waals surface area contributed by atoms with Gasteiger partial charge in [0.1, 0.15) is 11.5 Å². The molecule has 1 fully saturated rings. The van der Waals surface area contributed by atoms with Gasteiger partial charge in [0.25, 0.3) is 0 Å². The number of methoxy groups -OCH3 is 1. The van der Waals surface area contributed by atoms with Gasteiger partial charge >= 0.3 is 0 Å². The Balaban J connectivity index is 2.07. The van der Waals surface area contributed by atoms with Crippen LogP contribution in [0.15, 0.2) is 16.5 Å². The molecule has 1 aliphatic rings. The van der Waals surface area contributed by atoms with Gasteiger partial charge in [-0.05, 0) is 45.4 Å². The lowest BCUT2D eigenvalue weighted by atomic mass is 9.82. The lowest BCUT2D eigenvalue weighted by Crippen LogP contribution is -2.51. The normalized spacial score (nSPS) is 30.6. The number of hydrogen-bond donors (Lipinski definition) is 1. The van der Waals surface area contributed by atoms with Crippen molar-refractivity contribution in [1.29, 1.82) is 0 Å². The van der Waals surface area contributed by atoms with Crippen LogP contribution in [-0.4, -0.2) is 25.8 Å². The van der Waals surface area contributed by atoms with E-state index >= 15 is 0 Å². The van der Waals surface area contributed by atoms with Gasteiger partial charge in [0.15, 0.2) is 0 Å². The molecular formula is C13H21NO2. The van der Waals surface area contributed by atoms with E-state index in [9.17, 15) is 0 Å². The van der Waals surface area contributed by atoms with Crippen molar-refractivity contribution in [3.63, 3.8) is 0 Å². The van der Waals surface area contributed by atoms with E-state index in [4.69, 9.17) is 9.15 Å². The standard InChI is InChI=1S/C13H21NO2/c1-10-4-5-12(16-10)11-6-7-14-13(2,8-11)9-15-3/h4-5,11,14H,6-9H2,1-3H3. The van der Waals surface area contributed by atoms with Gasteiger partial charge in [0.05, 0.1) is 6.61 Å². The molecular weight excluding hydrogens is 202 g/mol. The first-order valence-corrected chi connectivity index (χ1v) is 5.93. The van der Waals surface area contributed by atoms with Crippen LogP contribution in [0.5, 0.6) is 0 Å². The smallest absolute Gasteiger partial charge is 0.107 e. The Morgan fingerprint density at radius 1 is 1.56 bits per heavy atom. The number of piperidine rings is 1. The number of rotatable bonds is 3. The fourth-order valence-electron chi connectivity index (χ4n) is 2.61. The molecule has 1 aromatic rings. The molecule has 0 radical (unpaired) electrons. The van der Waals surface area contributed by atoms with Gasteiger partial charge in [-0.25, -0.2) is 0 Å². The van der Waals surface area contributed by atoms with Crippen molar-refractivity contribution in [3.05, 3.63) is 23.7 Å². The van der Waals surface area contributed by atoms with Crippen molar-refractivity contribution in [3.8, 4) is 0 Å². The van der Waals surface area contributed by atoms with Crippen molar-refractivity contribution >= 4 is 0 Å². The summed E-state index contributed by atoms with van der Waals surface area (Å²) in [6.07, 6.45) is 2.22. The summed E-state index contributed by atoms with van der Waals surface area (Å²) >= 11 is 0. The summed E-state index contributed by atoms with van der Waals surface area (Å²) in [7, 11) is 1.76. The highest BCUT2D eigenvalue weighted by molar-refractivity contribution is 5.13. The summed E-state index contributed by atoms with van der Waals surface area (Å²) in [5.74, 6) is 2.65. The second kappa shape index (κ2) is 4.60.